The van der Waals surface area contributed by atoms with E-state index in [1.165, 1.54) is 0 Å². The molecule has 0 spiro atoms. The molecule has 0 atom stereocenters. The predicted octanol–water partition coefficient (Wildman–Crippen LogP) is 2.39. The Hall–Kier alpha value is -1.88. The molecule has 2 heterocycles. The van der Waals surface area contributed by atoms with Crippen LogP contribution in [0.4, 0.5) is 5.82 Å². The second kappa shape index (κ2) is 4.10. The van der Waals surface area contributed by atoms with Crippen LogP contribution in [0.25, 0.3) is 11.3 Å². The number of ether oxygens (including phenoxy) is 2. The molecule has 0 saturated carbocycles. The molecular weight excluding hydrogens is 254 g/mol. The van der Waals surface area contributed by atoms with Crippen molar-refractivity contribution in [1.82, 2.24) is 10.2 Å². The van der Waals surface area contributed by atoms with Gasteiger partial charge in [-0.2, -0.15) is 5.10 Å². The molecule has 0 aliphatic carbocycles. The van der Waals surface area contributed by atoms with E-state index in [0.717, 1.165) is 16.8 Å². The molecule has 0 radical (unpaired) electrons. The third kappa shape index (κ3) is 1.67. The van der Waals surface area contributed by atoms with Gasteiger partial charge in [0.25, 0.3) is 0 Å². The van der Waals surface area contributed by atoms with Crippen molar-refractivity contribution in [2.45, 2.75) is 6.92 Å². The van der Waals surface area contributed by atoms with E-state index >= 15 is 0 Å². The number of benzene rings is 1. The maximum atomic E-state index is 6.35. The van der Waals surface area contributed by atoms with E-state index in [9.17, 15) is 0 Å². The molecule has 3 rings (SSSR count). The first kappa shape index (κ1) is 11.2. The number of nitrogens with two attached hydrogens (primary N) is 1. The minimum Gasteiger partial charge on any atom is -0.486 e. The van der Waals surface area contributed by atoms with Crippen LogP contribution in [0.3, 0.4) is 0 Å². The molecule has 0 fully saturated rings. The van der Waals surface area contributed by atoms with Crippen molar-refractivity contribution in [2.24, 2.45) is 0 Å². The summed E-state index contributed by atoms with van der Waals surface area (Å²) in [5.74, 6) is 1.84. The van der Waals surface area contributed by atoms with Gasteiger partial charge in [-0.05, 0) is 13.0 Å². The Morgan fingerprint density at radius 3 is 2.83 bits per heavy atom. The fourth-order valence-electron chi connectivity index (χ4n) is 2.00. The van der Waals surface area contributed by atoms with Crippen molar-refractivity contribution in [2.75, 3.05) is 18.9 Å². The van der Waals surface area contributed by atoms with Crippen molar-refractivity contribution in [1.29, 1.82) is 0 Å². The molecular formula is C12H12ClN3O2. The molecule has 1 aliphatic rings. The zero-order chi connectivity index (χ0) is 12.7. The standard InChI is InChI=1S/C12H12ClN3O2/c1-6-11(13)7(8-5-10(14)16-15-8)4-9-12(6)18-3-2-17-9/h4-5H,2-3H2,1H3,(H3,14,15,16). The molecule has 18 heavy (non-hydrogen) atoms. The minimum atomic E-state index is 0.425. The maximum Gasteiger partial charge on any atom is 0.165 e. The Bertz CT molecular complexity index is 610. The van der Waals surface area contributed by atoms with Crippen LogP contribution in [0.5, 0.6) is 11.5 Å². The molecule has 0 saturated heterocycles. The van der Waals surface area contributed by atoms with Crippen LogP contribution in [0.2, 0.25) is 5.02 Å². The average Bonchev–Trinajstić information content (AvgIpc) is 2.80. The van der Waals surface area contributed by atoms with Crippen molar-refractivity contribution < 1.29 is 9.47 Å². The third-order valence-electron chi connectivity index (χ3n) is 2.88. The summed E-state index contributed by atoms with van der Waals surface area (Å²) in [6, 6.07) is 3.58. The van der Waals surface area contributed by atoms with Gasteiger partial charge in [-0.1, -0.05) is 11.6 Å². The highest BCUT2D eigenvalue weighted by atomic mass is 35.5. The van der Waals surface area contributed by atoms with Gasteiger partial charge in [0.2, 0.25) is 0 Å². The molecule has 0 bridgehead atoms. The summed E-state index contributed by atoms with van der Waals surface area (Å²) in [5, 5.41) is 7.35. The number of hydrogen-bond donors (Lipinski definition) is 2. The zero-order valence-electron chi connectivity index (χ0n) is 9.79. The molecule has 1 aromatic heterocycles. The van der Waals surface area contributed by atoms with Crippen LogP contribution in [0, 0.1) is 6.92 Å². The van der Waals surface area contributed by atoms with Crippen LogP contribution in [-0.2, 0) is 0 Å². The van der Waals surface area contributed by atoms with Crippen LogP contribution >= 0.6 is 11.6 Å². The summed E-state index contributed by atoms with van der Waals surface area (Å²) < 4.78 is 11.2. The monoisotopic (exact) mass is 265 g/mol. The molecule has 1 aromatic carbocycles. The molecule has 3 N–H and O–H groups in total. The summed E-state index contributed by atoms with van der Waals surface area (Å²) in [4.78, 5) is 0. The van der Waals surface area contributed by atoms with Gasteiger partial charge >= 0.3 is 0 Å². The summed E-state index contributed by atoms with van der Waals surface area (Å²) in [7, 11) is 0. The Labute approximate surface area is 109 Å². The lowest BCUT2D eigenvalue weighted by Gasteiger charge is -2.22. The van der Waals surface area contributed by atoms with Crippen LogP contribution in [-0.4, -0.2) is 23.4 Å². The fourth-order valence-corrected chi connectivity index (χ4v) is 2.24. The number of H-pyrrole nitrogens is 1. The first-order valence-electron chi connectivity index (χ1n) is 5.57. The van der Waals surface area contributed by atoms with Crippen LogP contribution in [0.15, 0.2) is 12.1 Å². The topological polar surface area (TPSA) is 73.2 Å². The van der Waals surface area contributed by atoms with Gasteiger partial charge in [0.05, 0.1) is 10.7 Å². The van der Waals surface area contributed by atoms with Crippen LogP contribution in [0.1, 0.15) is 5.56 Å². The Kier molecular flexibility index (Phi) is 2.56. The minimum absolute atomic E-state index is 0.425. The lowest BCUT2D eigenvalue weighted by atomic mass is 10.1. The van der Waals surface area contributed by atoms with Crippen molar-refractivity contribution >= 4 is 17.4 Å². The second-order valence-electron chi connectivity index (χ2n) is 4.09. The zero-order valence-corrected chi connectivity index (χ0v) is 10.5. The molecule has 94 valence electrons. The smallest absolute Gasteiger partial charge is 0.165 e. The highest BCUT2D eigenvalue weighted by Crippen LogP contribution is 2.43. The molecule has 0 amide bonds. The Morgan fingerprint density at radius 1 is 1.33 bits per heavy atom. The van der Waals surface area contributed by atoms with E-state index in [4.69, 9.17) is 26.8 Å². The van der Waals surface area contributed by atoms with E-state index in [0.29, 0.717) is 35.6 Å². The molecule has 6 heteroatoms. The van der Waals surface area contributed by atoms with Gasteiger partial charge in [-0.15, -0.1) is 0 Å². The van der Waals surface area contributed by atoms with Crippen molar-refractivity contribution in [3.8, 4) is 22.8 Å². The number of nitrogens with one attached hydrogen (secondary N) is 1. The van der Waals surface area contributed by atoms with E-state index in [1.807, 2.05) is 13.0 Å². The van der Waals surface area contributed by atoms with E-state index in [-0.39, 0.29) is 0 Å². The van der Waals surface area contributed by atoms with E-state index < -0.39 is 0 Å². The number of aromatic amines is 1. The molecule has 2 aromatic rings. The first-order chi connectivity index (χ1) is 8.66. The SMILES string of the molecule is Cc1c(Cl)c(-c2cc(N)n[nH]2)cc2c1OCCO2. The summed E-state index contributed by atoms with van der Waals surface area (Å²) in [6.45, 7) is 2.98. The number of anilines is 1. The van der Waals surface area contributed by atoms with Gasteiger partial charge in [0.15, 0.2) is 11.5 Å². The van der Waals surface area contributed by atoms with Gasteiger partial charge in [-0.25, -0.2) is 0 Å². The largest absolute Gasteiger partial charge is 0.486 e. The average molecular weight is 266 g/mol. The van der Waals surface area contributed by atoms with Gasteiger partial charge in [-0.3, -0.25) is 5.10 Å². The summed E-state index contributed by atoms with van der Waals surface area (Å²) in [5.41, 5.74) is 8.03. The maximum absolute atomic E-state index is 6.35. The van der Waals surface area contributed by atoms with Crippen molar-refractivity contribution in [3.05, 3.63) is 22.7 Å². The Morgan fingerprint density at radius 2 is 2.11 bits per heavy atom. The normalized spacial score (nSPS) is 13.7. The highest BCUT2D eigenvalue weighted by Gasteiger charge is 2.20. The molecule has 1 aliphatic heterocycles. The fraction of sp³-hybridized carbons (Fsp3) is 0.250. The predicted molar refractivity (Wildman–Crippen MR) is 69.2 cm³/mol. The second-order valence-corrected chi connectivity index (χ2v) is 4.47. The van der Waals surface area contributed by atoms with Crippen LogP contribution < -0.4 is 15.2 Å². The number of fused-ring (bicyclic) bond motifs is 1. The van der Waals surface area contributed by atoms with Crippen molar-refractivity contribution in [3.63, 3.8) is 0 Å². The van der Waals surface area contributed by atoms with Gasteiger partial charge < -0.3 is 15.2 Å². The number of aromatic nitrogens is 2. The molecule has 0 unspecified atom stereocenters. The molecule has 5 nitrogen and oxygen atoms in total. The first-order valence-corrected chi connectivity index (χ1v) is 5.94. The summed E-state index contributed by atoms with van der Waals surface area (Å²) in [6.07, 6.45) is 0. The lowest BCUT2D eigenvalue weighted by molar-refractivity contribution is 0.170. The number of nitrogens with zero attached hydrogens (tertiary/aromatic N) is 1. The number of rotatable bonds is 1. The van der Waals surface area contributed by atoms with E-state index in [1.54, 1.807) is 6.07 Å². The highest BCUT2D eigenvalue weighted by molar-refractivity contribution is 6.34. The number of halogens is 1. The van der Waals surface area contributed by atoms with Gasteiger partial charge in [0.1, 0.15) is 19.0 Å². The Balaban J connectivity index is 2.18. The number of nitrogen functional groups attached to an aromatic ring is 1. The van der Waals surface area contributed by atoms with E-state index in [2.05, 4.69) is 10.2 Å². The lowest BCUT2D eigenvalue weighted by Crippen LogP contribution is -2.16. The third-order valence-corrected chi connectivity index (χ3v) is 3.37. The summed E-state index contributed by atoms with van der Waals surface area (Å²) >= 11 is 6.35. The number of hydrogen-bond acceptors (Lipinski definition) is 4. The quantitative estimate of drug-likeness (QED) is 0.830. The van der Waals surface area contributed by atoms with Gasteiger partial charge in [0, 0.05) is 17.2 Å².